The van der Waals surface area contributed by atoms with Crippen molar-refractivity contribution >= 4 is 30.1 Å². The van der Waals surface area contributed by atoms with Gasteiger partial charge < -0.3 is 21.2 Å². The van der Waals surface area contributed by atoms with Crippen LogP contribution in [-0.2, 0) is 6.54 Å². The summed E-state index contributed by atoms with van der Waals surface area (Å²) in [5.41, 5.74) is 6.33. The van der Waals surface area contributed by atoms with E-state index >= 15 is 0 Å². The summed E-state index contributed by atoms with van der Waals surface area (Å²) < 4.78 is 1.50. The van der Waals surface area contributed by atoms with Crippen molar-refractivity contribution in [3.05, 3.63) is 34.3 Å². The highest BCUT2D eigenvalue weighted by atomic mass is 35.5. The number of halogens is 1. The van der Waals surface area contributed by atoms with E-state index in [1.165, 1.54) is 10.8 Å². The number of nitrogen functional groups attached to an aromatic ring is 1. The lowest BCUT2D eigenvalue weighted by Gasteiger charge is -2.06. The maximum Gasteiger partial charge on any atom is 0.434 e. The van der Waals surface area contributed by atoms with E-state index in [0.29, 0.717) is 25.3 Å². The Morgan fingerprint density at radius 2 is 2.24 bits per heavy atom. The second-order valence-electron chi connectivity index (χ2n) is 4.21. The first-order chi connectivity index (χ1) is 9.56. The summed E-state index contributed by atoms with van der Waals surface area (Å²) in [4.78, 5) is 21.9. The molecule has 2 heterocycles. The Kier molecular flexibility index (Phi) is 5.85. The zero-order valence-electron chi connectivity index (χ0n) is 11.4. The predicted octanol–water partition coefficient (Wildman–Crippen LogP) is 1.40. The highest BCUT2D eigenvalue weighted by Gasteiger charge is 2.12. The molecule has 0 atom stereocenters. The largest absolute Gasteiger partial charge is 0.434 e. The SMILES string of the molecule is Cc1cc(NCCCn2ccnc2[N+](=O)[O-])nc(N)n1.Cl. The van der Waals surface area contributed by atoms with E-state index in [2.05, 4.69) is 20.3 Å². The van der Waals surface area contributed by atoms with Gasteiger partial charge in [-0.1, -0.05) is 4.98 Å². The van der Waals surface area contributed by atoms with E-state index < -0.39 is 4.92 Å². The summed E-state index contributed by atoms with van der Waals surface area (Å²) in [5, 5.41) is 13.8. The maximum absolute atomic E-state index is 10.7. The molecule has 0 aliphatic heterocycles. The second-order valence-corrected chi connectivity index (χ2v) is 4.21. The Bertz CT molecular complexity index is 596. The molecule has 0 bridgehead atoms. The molecule has 0 radical (unpaired) electrons. The third-order valence-corrected chi connectivity index (χ3v) is 2.61. The van der Waals surface area contributed by atoms with Crippen molar-refractivity contribution in [1.29, 1.82) is 0 Å². The Morgan fingerprint density at radius 3 is 2.90 bits per heavy atom. The van der Waals surface area contributed by atoms with Crippen LogP contribution < -0.4 is 11.1 Å². The van der Waals surface area contributed by atoms with Crippen LogP contribution >= 0.6 is 12.4 Å². The summed E-state index contributed by atoms with van der Waals surface area (Å²) in [6, 6.07) is 1.79. The first-order valence-corrected chi connectivity index (χ1v) is 6.07. The molecule has 0 aliphatic carbocycles. The van der Waals surface area contributed by atoms with E-state index in [1.54, 1.807) is 12.3 Å². The Morgan fingerprint density at radius 1 is 1.48 bits per heavy atom. The topological polar surface area (TPSA) is 125 Å². The van der Waals surface area contributed by atoms with Crippen LogP contribution in [0.3, 0.4) is 0 Å². The van der Waals surface area contributed by atoms with Crippen LogP contribution in [0.1, 0.15) is 12.1 Å². The fourth-order valence-corrected chi connectivity index (χ4v) is 1.80. The molecular formula is C11H16ClN7O2. The number of imidazole rings is 1. The normalized spacial score (nSPS) is 9.95. The first kappa shape index (κ1) is 16.6. The molecule has 2 aromatic heterocycles. The summed E-state index contributed by atoms with van der Waals surface area (Å²) in [6.07, 6.45) is 3.70. The summed E-state index contributed by atoms with van der Waals surface area (Å²) in [5.74, 6) is 0.722. The summed E-state index contributed by atoms with van der Waals surface area (Å²) in [7, 11) is 0. The van der Waals surface area contributed by atoms with Gasteiger partial charge in [0, 0.05) is 18.3 Å². The molecule has 0 unspecified atom stereocenters. The van der Waals surface area contributed by atoms with Crippen LogP contribution in [0, 0.1) is 17.0 Å². The van der Waals surface area contributed by atoms with Crippen molar-refractivity contribution in [2.75, 3.05) is 17.6 Å². The number of nitrogens with zero attached hydrogens (tertiary/aromatic N) is 5. The van der Waals surface area contributed by atoms with Crippen molar-refractivity contribution in [1.82, 2.24) is 19.5 Å². The highest BCUT2D eigenvalue weighted by molar-refractivity contribution is 5.85. The van der Waals surface area contributed by atoms with Crippen LogP contribution in [0.25, 0.3) is 0 Å². The third kappa shape index (κ3) is 4.56. The summed E-state index contributed by atoms with van der Waals surface area (Å²) >= 11 is 0. The van der Waals surface area contributed by atoms with Gasteiger partial charge in [0.2, 0.25) is 5.95 Å². The molecule has 0 aromatic carbocycles. The summed E-state index contributed by atoms with van der Waals surface area (Å²) in [6.45, 7) is 2.95. The Balaban J connectivity index is 0.00000220. The minimum atomic E-state index is -0.498. The predicted molar refractivity (Wildman–Crippen MR) is 80.4 cm³/mol. The number of rotatable bonds is 6. The number of nitro groups is 1. The van der Waals surface area contributed by atoms with Gasteiger partial charge in [0.05, 0.1) is 6.54 Å². The lowest BCUT2D eigenvalue weighted by Crippen LogP contribution is -2.10. The van der Waals surface area contributed by atoms with Gasteiger partial charge in [0.25, 0.3) is 0 Å². The molecule has 9 nitrogen and oxygen atoms in total. The molecule has 0 saturated heterocycles. The minimum Gasteiger partial charge on any atom is -0.390 e. The minimum absolute atomic E-state index is 0. The first-order valence-electron chi connectivity index (χ1n) is 6.07. The van der Waals surface area contributed by atoms with E-state index in [-0.39, 0.29) is 24.3 Å². The quantitative estimate of drug-likeness (QED) is 0.469. The monoisotopic (exact) mass is 313 g/mol. The van der Waals surface area contributed by atoms with Gasteiger partial charge >= 0.3 is 5.95 Å². The van der Waals surface area contributed by atoms with Crippen LogP contribution in [0.4, 0.5) is 17.7 Å². The Hall–Kier alpha value is -2.42. The zero-order valence-corrected chi connectivity index (χ0v) is 12.2. The van der Waals surface area contributed by atoms with E-state index in [9.17, 15) is 10.1 Å². The zero-order chi connectivity index (χ0) is 14.5. The van der Waals surface area contributed by atoms with Gasteiger partial charge in [0.15, 0.2) is 0 Å². The van der Waals surface area contributed by atoms with Gasteiger partial charge in [-0.15, -0.1) is 12.4 Å². The molecule has 0 fully saturated rings. The van der Waals surface area contributed by atoms with Gasteiger partial charge in [0.1, 0.15) is 18.2 Å². The van der Waals surface area contributed by atoms with Crippen molar-refractivity contribution in [2.45, 2.75) is 19.9 Å². The van der Waals surface area contributed by atoms with Crippen LogP contribution in [-0.4, -0.2) is 31.0 Å². The average Bonchev–Trinajstić information content (AvgIpc) is 2.82. The van der Waals surface area contributed by atoms with Crippen LogP contribution in [0.2, 0.25) is 0 Å². The Labute approximate surface area is 127 Å². The van der Waals surface area contributed by atoms with E-state index in [4.69, 9.17) is 5.73 Å². The smallest absolute Gasteiger partial charge is 0.390 e. The van der Waals surface area contributed by atoms with E-state index in [1.807, 2.05) is 6.92 Å². The standard InChI is InChI=1S/C11H15N7O2.ClH/c1-8-7-9(16-10(12)15-8)13-3-2-5-17-6-4-14-11(17)18(19)20;/h4,6-7H,2-3,5H2,1H3,(H3,12,13,15,16);1H. The molecule has 0 saturated carbocycles. The number of nitrogens with two attached hydrogens (primary N) is 1. The third-order valence-electron chi connectivity index (χ3n) is 2.61. The lowest BCUT2D eigenvalue weighted by atomic mass is 10.4. The fraction of sp³-hybridized carbons (Fsp3) is 0.364. The number of aromatic nitrogens is 4. The molecule has 0 spiro atoms. The maximum atomic E-state index is 10.7. The molecule has 0 aliphatic rings. The molecule has 21 heavy (non-hydrogen) atoms. The fourth-order valence-electron chi connectivity index (χ4n) is 1.80. The van der Waals surface area contributed by atoms with Gasteiger partial charge in [-0.25, -0.2) is 9.55 Å². The van der Waals surface area contributed by atoms with Crippen molar-refractivity contribution in [3.8, 4) is 0 Å². The highest BCUT2D eigenvalue weighted by Crippen LogP contribution is 2.09. The molecule has 114 valence electrons. The number of hydrogen-bond acceptors (Lipinski definition) is 7. The molecule has 3 N–H and O–H groups in total. The van der Waals surface area contributed by atoms with Crippen LogP contribution in [0.5, 0.6) is 0 Å². The number of anilines is 2. The van der Waals surface area contributed by atoms with Gasteiger partial charge in [-0.3, -0.25) is 0 Å². The van der Waals surface area contributed by atoms with Crippen LogP contribution in [0.15, 0.2) is 18.5 Å². The lowest BCUT2D eigenvalue weighted by molar-refractivity contribution is -0.396. The van der Waals surface area contributed by atoms with E-state index in [0.717, 1.165) is 5.69 Å². The average molecular weight is 314 g/mol. The molecule has 10 heteroatoms. The van der Waals surface area contributed by atoms with Crippen molar-refractivity contribution in [2.24, 2.45) is 0 Å². The number of hydrogen-bond donors (Lipinski definition) is 2. The number of nitrogens with one attached hydrogen (secondary N) is 1. The van der Waals surface area contributed by atoms with Gasteiger partial charge in [-0.2, -0.15) is 4.98 Å². The van der Waals surface area contributed by atoms with Crippen molar-refractivity contribution < 1.29 is 4.92 Å². The van der Waals surface area contributed by atoms with Crippen molar-refractivity contribution in [3.63, 3.8) is 0 Å². The van der Waals surface area contributed by atoms with Gasteiger partial charge in [-0.05, 0) is 18.3 Å². The second kappa shape index (κ2) is 7.39. The molecular weight excluding hydrogens is 298 g/mol. The number of aryl methyl sites for hydroxylation is 2. The molecule has 2 rings (SSSR count). The molecule has 0 amide bonds. The molecule has 2 aromatic rings.